The minimum atomic E-state index is -3.37. The summed E-state index contributed by atoms with van der Waals surface area (Å²) in [5, 5.41) is 0. The van der Waals surface area contributed by atoms with Crippen LogP contribution in [-0.4, -0.2) is 61.6 Å². The maximum atomic E-state index is 13.2. The van der Waals surface area contributed by atoms with Crippen LogP contribution < -0.4 is 0 Å². The third-order valence-corrected chi connectivity index (χ3v) is 7.52. The van der Waals surface area contributed by atoms with E-state index in [0.29, 0.717) is 26.2 Å². The van der Waals surface area contributed by atoms with Gasteiger partial charge in [-0.05, 0) is 30.7 Å². The average molecular weight is 392 g/mol. The summed E-state index contributed by atoms with van der Waals surface area (Å²) in [4.78, 5) is 15.1. The molecule has 1 fully saturated rings. The van der Waals surface area contributed by atoms with Crippen molar-refractivity contribution in [3.05, 3.63) is 48.0 Å². The molecule has 1 aromatic carbocycles. The number of hydrogen-bond acceptors (Lipinski definition) is 3. The number of carbonyl (C=O) groups excluding carboxylic acids is 1. The van der Waals surface area contributed by atoms with Gasteiger partial charge in [0.25, 0.3) is 10.2 Å². The minimum Gasteiger partial charge on any atom is -0.334 e. The molecule has 0 aromatic heterocycles. The Bertz CT molecular complexity index is 769. The molecule has 2 aliphatic rings. The Labute approximate surface area is 162 Å². The zero-order valence-electron chi connectivity index (χ0n) is 16.1. The van der Waals surface area contributed by atoms with Gasteiger partial charge in [-0.1, -0.05) is 42.5 Å². The van der Waals surface area contributed by atoms with Gasteiger partial charge in [0, 0.05) is 46.2 Å². The first-order valence-corrected chi connectivity index (χ1v) is 10.9. The smallest absolute Gasteiger partial charge is 0.281 e. The van der Waals surface area contributed by atoms with Gasteiger partial charge in [0.05, 0.1) is 0 Å². The van der Waals surface area contributed by atoms with Crippen molar-refractivity contribution in [3.63, 3.8) is 0 Å². The fourth-order valence-corrected chi connectivity index (χ4v) is 5.08. The number of rotatable bonds is 5. The molecule has 0 bridgehead atoms. The second kappa shape index (κ2) is 8.54. The molecule has 0 N–H and O–H groups in total. The van der Waals surface area contributed by atoms with Gasteiger partial charge in [-0.3, -0.25) is 4.79 Å². The Hall–Kier alpha value is -1.70. The largest absolute Gasteiger partial charge is 0.334 e. The van der Waals surface area contributed by atoms with Crippen LogP contribution in [0.3, 0.4) is 0 Å². The molecule has 0 spiro atoms. The molecule has 2 aliphatic heterocycles. The van der Waals surface area contributed by atoms with Crippen molar-refractivity contribution in [3.8, 4) is 0 Å². The minimum absolute atomic E-state index is 0.0586. The lowest BCUT2D eigenvalue weighted by molar-refractivity contribution is -0.137. The molecule has 0 saturated carbocycles. The van der Waals surface area contributed by atoms with E-state index in [2.05, 4.69) is 12.2 Å². The van der Waals surface area contributed by atoms with Gasteiger partial charge in [-0.25, -0.2) is 0 Å². The van der Waals surface area contributed by atoms with Crippen LogP contribution in [0.15, 0.2) is 42.5 Å². The van der Waals surface area contributed by atoms with E-state index in [0.717, 1.165) is 24.8 Å². The second-order valence-corrected chi connectivity index (χ2v) is 9.69. The van der Waals surface area contributed by atoms with E-state index in [1.54, 1.807) is 14.1 Å². The van der Waals surface area contributed by atoms with Crippen LogP contribution >= 0.6 is 0 Å². The van der Waals surface area contributed by atoms with E-state index in [9.17, 15) is 13.2 Å². The SMILES string of the molecule is CN(C)S(=O)(=O)N1CCC([C@H]2CC=CCN(Cc3ccccc3)C2=O)CC1. The number of amides is 1. The number of carbonyl (C=O) groups is 1. The highest BCUT2D eigenvalue weighted by molar-refractivity contribution is 7.86. The van der Waals surface area contributed by atoms with Gasteiger partial charge in [-0.2, -0.15) is 17.0 Å². The van der Waals surface area contributed by atoms with Crippen LogP contribution in [0.5, 0.6) is 0 Å². The predicted molar refractivity (Wildman–Crippen MR) is 106 cm³/mol. The Balaban J connectivity index is 1.66. The Morgan fingerprint density at radius 1 is 1.07 bits per heavy atom. The van der Waals surface area contributed by atoms with Gasteiger partial charge >= 0.3 is 0 Å². The van der Waals surface area contributed by atoms with Crippen molar-refractivity contribution in [1.29, 1.82) is 0 Å². The zero-order chi connectivity index (χ0) is 19.4. The molecule has 2 heterocycles. The number of benzene rings is 1. The van der Waals surface area contributed by atoms with Crippen molar-refractivity contribution in [2.75, 3.05) is 33.7 Å². The average Bonchev–Trinajstić information content (AvgIpc) is 2.84. The number of nitrogens with zero attached hydrogens (tertiary/aromatic N) is 3. The monoisotopic (exact) mass is 391 g/mol. The molecule has 6 nitrogen and oxygen atoms in total. The van der Waals surface area contributed by atoms with Crippen LogP contribution in [0.4, 0.5) is 0 Å². The number of allylic oxidation sites excluding steroid dienone is 1. The first-order chi connectivity index (χ1) is 12.9. The Kier molecular flexibility index (Phi) is 6.34. The van der Waals surface area contributed by atoms with Gasteiger partial charge in [0.2, 0.25) is 5.91 Å². The first kappa shape index (κ1) is 20.0. The summed E-state index contributed by atoms with van der Waals surface area (Å²) in [5.41, 5.74) is 1.13. The molecule has 0 unspecified atom stereocenters. The fraction of sp³-hybridized carbons (Fsp3) is 0.550. The zero-order valence-corrected chi connectivity index (χ0v) is 16.9. The molecule has 1 saturated heterocycles. The standard InChI is InChI=1S/C20H29N3O3S/c1-21(2)27(25,26)23-14-11-18(12-15-23)19-10-6-7-13-22(20(19)24)16-17-8-4-3-5-9-17/h3-9,18-19H,10-16H2,1-2H3/t19-/m1/s1. The van der Waals surface area contributed by atoms with Gasteiger partial charge in [0.15, 0.2) is 0 Å². The maximum Gasteiger partial charge on any atom is 0.281 e. The van der Waals surface area contributed by atoms with Crippen LogP contribution in [0.1, 0.15) is 24.8 Å². The normalized spacial score (nSPS) is 23.0. The molecule has 0 aliphatic carbocycles. The Morgan fingerprint density at radius 2 is 1.74 bits per heavy atom. The first-order valence-electron chi connectivity index (χ1n) is 9.55. The van der Waals surface area contributed by atoms with E-state index in [-0.39, 0.29) is 17.7 Å². The molecule has 1 aromatic rings. The maximum absolute atomic E-state index is 13.2. The predicted octanol–water partition coefficient (Wildman–Crippen LogP) is 2.11. The van der Waals surface area contributed by atoms with Crippen LogP contribution in [-0.2, 0) is 21.5 Å². The molecule has 0 radical (unpaired) electrons. The summed E-state index contributed by atoms with van der Waals surface area (Å²) < 4.78 is 27.4. The fourth-order valence-electron chi connectivity index (χ4n) is 3.95. The summed E-state index contributed by atoms with van der Waals surface area (Å²) >= 11 is 0. The van der Waals surface area contributed by atoms with E-state index in [1.807, 2.05) is 35.2 Å². The summed E-state index contributed by atoms with van der Waals surface area (Å²) in [6.07, 6.45) is 6.39. The lowest BCUT2D eigenvalue weighted by Gasteiger charge is -2.36. The molecule has 3 rings (SSSR count). The number of piperidine rings is 1. The van der Waals surface area contributed by atoms with E-state index in [1.165, 1.54) is 8.61 Å². The summed E-state index contributed by atoms with van der Waals surface area (Å²) in [6.45, 7) is 2.22. The number of hydrogen-bond donors (Lipinski definition) is 0. The summed E-state index contributed by atoms with van der Waals surface area (Å²) in [7, 11) is -0.253. The van der Waals surface area contributed by atoms with Crippen LogP contribution in [0.25, 0.3) is 0 Å². The quantitative estimate of drug-likeness (QED) is 0.723. The third kappa shape index (κ3) is 4.59. The van der Waals surface area contributed by atoms with Crippen molar-refractivity contribution in [1.82, 2.24) is 13.5 Å². The molecule has 27 heavy (non-hydrogen) atoms. The van der Waals surface area contributed by atoms with E-state index in [4.69, 9.17) is 0 Å². The second-order valence-electron chi connectivity index (χ2n) is 7.54. The molecular formula is C20H29N3O3S. The topological polar surface area (TPSA) is 60.9 Å². The molecule has 7 heteroatoms. The molecule has 148 valence electrons. The van der Waals surface area contributed by atoms with Crippen molar-refractivity contribution in [2.45, 2.75) is 25.8 Å². The van der Waals surface area contributed by atoms with Gasteiger partial charge < -0.3 is 4.90 Å². The highest BCUT2D eigenvalue weighted by Gasteiger charge is 2.37. The van der Waals surface area contributed by atoms with Crippen molar-refractivity contribution >= 4 is 16.1 Å². The van der Waals surface area contributed by atoms with Crippen LogP contribution in [0, 0.1) is 11.8 Å². The van der Waals surface area contributed by atoms with Crippen LogP contribution in [0.2, 0.25) is 0 Å². The lowest BCUT2D eigenvalue weighted by atomic mass is 9.82. The van der Waals surface area contributed by atoms with Crippen molar-refractivity contribution < 1.29 is 13.2 Å². The van der Waals surface area contributed by atoms with E-state index < -0.39 is 10.2 Å². The molecular weight excluding hydrogens is 362 g/mol. The summed E-state index contributed by atoms with van der Waals surface area (Å²) in [6, 6.07) is 10.0. The van der Waals surface area contributed by atoms with E-state index >= 15 is 0 Å². The third-order valence-electron chi connectivity index (χ3n) is 5.58. The van der Waals surface area contributed by atoms with Gasteiger partial charge in [-0.15, -0.1) is 0 Å². The summed E-state index contributed by atoms with van der Waals surface area (Å²) in [5.74, 6) is 0.363. The highest BCUT2D eigenvalue weighted by atomic mass is 32.2. The highest BCUT2D eigenvalue weighted by Crippen LogP contribution is 2.32. The van der Waals surface area contributed by atoms with Gasteiger partial charge in [0.1, 0.15) is 0 Å². The molecule has 1 atom stereocenters. The lowest BCUT2D eigenvalue weighted by Crippen LogP contribution is -2.47. The molecule has 1 amide bonds. The Morgan fingerprint density at radius 3 is 2.37 bits per heavy atom. The van der Waals surface area contributed by atoms with Crippen molar-refractivity contribution in [2.24, 2.45) is 11.8 Å².